The van der Waals surface area contributed by atoms with E-state index in [9.17, 15) is 5.26 Å². The number of nitrogens with one attached hydrogen (secondary N) is 1. The maximum Gasteiger partial charge on any atom is 0.150 e. The van der Waals surface area contributed by atoms with Crippen LogP contribution in [0.5, 0.6) is 0 Å². The van der Waals surface area contributed by atoms with Gasteiger partial charge >= 0.3 is 0 Å². The number of aromatic nitrogens is 4. The molecule has 5 aromatic rings. The molecule has 2 aromatic carbocycles. The Morgan fingerprint density at radius 3 is 2.43 bits per heavy atom. The van der Waals surface area contributed by atoms with Crippen LogP contribution in [0.1, 0.15) is 33.6 Å². The fourth-order valence-electron chi connectivity index (χ4n) is 4.63. The summed E-state index contributed by atoms with van der Waals surface area (Å²) in [6.07, 6.45) is 1.56. The average molecular weight is 481 g/mol. The van der Waals surface area contributed by atoms with Gasteiger partial charge in [0.25, 0.3) is 0 Å². The van der Waals surface area contributed by atoms with Gasteiger partial charge in [0.15, 0.2) is 5.65 Å². The molecule has 0 radical (unpaired) electrons. The number of anilines is 2. The summed E-state index contributed by atoms with van der Waals surface area (Å²) < 4.78 is 4.24. The monoisotopic (exact) mass is 480 g/mol. The van der Waals surface area contributed by atoms with Crippen LogP contribution in [-0.2, 0) is 6.54 Å². The van der Waals surface area contributed by atoms with Crippen LogP contribution >= 0.6 is 11.6 Å². The van der Waals surface area contributed by atoms with Gasteiger partial charge in [0.1, 0.15) is 24.0 Å². The number of fused-ring (bicyclic) bond motifs is 1. The number of nitriles is 1. The maximum atomic E-state index is 10.0. The Labute approximate surface area is 209 Å². The van der Waals surface area contributed by atoms with Gasteiger partial charge in [0, 0.05) is 28.6 Å². The quantitative estimate of drug-likeness (QED) is 0.301. The van der Waals surface area contributed by atoms with Crippen molar-refractivity contribution in [1.29, 1.82) is 5.26 Å². The first-order valence-electron chi connectivity index (χ1n) is 11.4. The van der Waals surface area contributed by atoms with Crippen LogP contribution in [-0.4, -0.2) is 19.1 Å². The van der Waals surface area contributed by atoms with Crippen LogP contribution in [0.3, 0.4) is 0 Å². The summed E-state index contributed by atoms with van der Waals surface area (Å²) in [6.45, 7) is 8.81. The molecule has 0 saturated heterocycles. The molecule has 0 aliphatic heterocycles. The highest BCUT2D eigenvalue weighted by molar-refractivity contribution is 6.30. The van der Waals surface area contributed by atoms with Gasteiger partial charge in [0.2, 0.25) is 0 Å². The molecule has 0 aliphatic carbocycles. The van der Waals surface area contributed by atoms with Crippen LogP contribution in [0.2, 0.25) is 5.02 Å². The summed E-state index contributed by atoms with van der Waals surface area (Å²) in [4.78, 5) is 9.23. The summed E-state index contributed by atoms with van der Waals surface area (Å²) in [5, 5.41) is 15.1. The lowest BCUT2D eigenvalue weighted by molar-refractivity contribution is 0.781. The number of benzene rings is 2. The first-order valence-corrected chi connectivity index (χ1v) is 11.8. The van der Waals surface area contributed by atoms with Gasteiger partial charge in [-0.3, -0.25) is 4.57 Å². The minimum absolute atomic E-state index is 0.619. The lowest BCUT2D eigenvalue weighted by Crippen LogP contribution is -2.08. The van der Waals surface area contributed by atoms with Crippen molar-refractivity contribution in [3.05, 3.63) is 99.6 Å². The van der Waals surface area contributed by atoms with Crippen molar-refractivity contribution < 1.29 is 0 Å². The molecule has 6 nitrogen and oxygen atoms in total. The third-order valence-corrected chi connectivity index (χ3v) is 6.96. The predicted octanol–water partition coefficient (Wildman–Crippen LogP) is 6.77. The van der Waals surface area contributed by atoms with Crippen molar-refractivity contribution in [3.63, 3.8) is 0 Å². The van der Waals surface area contributed by atoms with Gasteiger partial charge < -0.3 is 9.88 Å². The number of rotatable bonds is 5. The van der Waals surface area contributed by atoms with Crippen LogP contribution in [0.4, 0.5) is 11.6 Å². The Hall–Kier alpha value is -4.08. The highest BCUT2D eigenvalue weighted by atomic mass is 35.5. The largest absolute Gasteiger partial charge is 0.326 e. The zero-order valence-corrected chi connectivity index (χ0v) is 20.9. The molecule has 0 aliphatic rings. The van der Waals surface area contributed by atoms with E-state index in [4.69, 9.17) is 11.6 Å². The third kappa shape index (κ3) is 3.84. The van der Waals surface area contributed by atoms with E-state index in [2.05, 4.69) is 56.5 Å². The van der Waals surface area contributed by atoms with Crippen molar-refractivity contribution in [2.45, 2.75) is 34.2 Å². The topological polar surface area (TPSA) is 71.5 Å². The van der Waals surface area contributed by atoms with Gasteiger partial charge in [-0.2, -0.15) is 5.26 Å². The van der Waals surface area contributed by atoms with Crippen LogP contribution in [0.15, 0.2) is 60.9 Å². The minimum atomic E-state index is 0.619. The predicted molar refractivity (Wildman–Crippen MR) is 141 cm³/mol. The van der Waals surface area contributed by atoms with E-state index < -0.39 is 0 Å². The molecule has 0 amide bonds. The van der Waals surface area contributed by atoms with Gasteiger partial charge in [-0.15, -0.1) is 0 Å². The van der Waals surface area contributed by atoms with E-state index >= 15 is 0 Å². The molecule has 0 saturated carbocycles. The molecule has 0 unspecified atom stereocenters. The lowest BCUT2D eigenvalue weighted by atomic mass is 10.2. The third-order valence-electron chi connectivity index (χ3n) is 6.72. The molecule has 174 valence electrons. The number of hydrogen-bond acceptors (Lipinski definition) is 4. The molecule has 1 N–H and O–H groups in total. The number of halogens is 1. The molecule has 5 rings (SSSR count). The van der Waals surface area contributed by atoms with Crippen molar-refractivity contribution >= 4 is 34.3 Å². The molecule has 35 heavy (non-hydrogen) atoms. The Morgan fingerprint density at radius 1 is 0.943 bits per heavy atom. The molecule has 3 heterocycles. The summed E-state index contributed by atoms with van der Waals surface area (Å²) in [5.74, 6) is 1.40. The second kappa shape index (κ2) is 8.94. The summed E-state index contributed by atoms with van der Waals surface area (Å²) in [6, 6.07) is 20.4. The van der Waals surface area contributed by atoms with E-state index in [0.717, 1.165) is 50.6 Å². The van der Waals surface area contributed by atoms with Gasteiger partial charge in [-0.25, -0.2) is 9.97 Å². The number of hydrogen-bond donors (Lipinski definition) is 1. The van der Waals surface area contributed by atoms with Gasteiger partial charge in [0.05, 0.1) is 10.9 Å². The van der Waals surface area contributed by atoms with Crippen molar-refractivity contribution in [2.24, 2.45) is 0 Å². The standard InChI is InChI=1S/C28H25ClN6/c1-17-19(3)34(15-21-9-6-5-7-10-21)27(24(17)14-30)33-26-25-18(2)20(4)35(28(25)32-16-31-26)23-12-8-11-22(29)13-23/h5-13,16H,15H2,1-4H3,(H,31,32,33). The smallest absolute Gasteiger partial charge is 0.150 e. The first-order chi connectivity index (χ1) is 16.9. The fraction of sp³-hybridized carbons (Fsp3) is 0.179. The Bertz CT molecular complexity index is 1600. The Balaban J connectivity index is 1.68. The first kappa shape index (κ1) is 22.7. The summed E-state index contributed by atoms with van der Waals surface area (Å²) in [5.41, 5.74) is 7.62. The molecule has 0 atom stereocenters. The minimum Gasteiger partial charge on any atom is -0.326 e. The van der Waals surface area contributed by atoms with Crippen molar-refractivity contribution in [3.8, 4) is 11.8 Å². The highest BCUT2D eigenvalue weighted by Crippen LogP contribution is 2.35. The van der Waals surface area contributed by atoms with E-state index in [1.807, 2.05) is 56.3 Å². The SMILES string of the molecule is Cc1c(C#N)c(Nc2ncnc3c2c(C)c(C)n3-c2cccc(Cl)c2)n(Cc2ccccc2)c1C. The van der Waals surface area contributed by atoms with E-state index in [-0.39, 0.29) is 0 Å². The highest BCUT2D eigenvalue weighted by Gasteiger charge is 2.22. The Kier molecular flexibility index (Phi) is 5.80. The van der Waals surface area contributed by atoms with Crippen LogP contribution < -0.4 is 5.32 Å². The number of nitrogens with zero attached hydrogens (tertiary/aromatic N) is 5. The van der Waals surface area contributed by atoms with Crippen molar-refractivity contribution in [2.75, 3.05) is 5.32 Å². The van der Waals surface area contributed by atoms with Crippen LogP contribution in [0, 0.1) is 39.0 Å². The van der Waals surface area contributed by atoms with E-state index in [0.29, 0.717) is 22.9 Å². The van der Waals surface area contributed by atoms with E-state index in [1.54, 1.807) is 6.33 Å². The molecule has 0 bridgehead atoms. The molecule has 3 aromatic heterocycles. The number of aryl methyl sites for hydroxylation is 1. The molecular weight excluding hydrogens is 456 g/mol. The molecule has 0 spiro atoms. The van der Waals surface area contributed by atoms with Crippen molar-refractivity contribution in [1.82, 2.24) is 19.1 Å². The zero-order chi connectivity index (χ0) is 24.7. The second-order valence-corrected chi connectivity index (χ2v) is 9.13. The van der Waals surface area contributed by atoms with Crippen LogP contribution in [0.25, 0.3) is 16.7 Å². The second-order valence-electron chi connectivity index (χ2n) is 8.69. The molecule has 0 fully saturated rings. The van der Waals surface area contributed by atoms with Gasteiger partial charge in [-0.05, 0) is 62.6 Å². The summed E-state index contributed by atoms with van der Waals surface area (Å²) >= 11 is 6.29. The molecule has 7 heteroatoms. The maximum absolute atomic E-state index is 10.0. The fourth-order valence-corrected chi connectivity index (χ4v) is 4.82. The van der Waals surface area contributed by atoms with Gasteiger partial charge in [-0.1, -0.05) is 48.0 Å². The van der Waals surface area contributed by atoms with E-state index in [1.165, 1.54) is 0 Å². The Morgan fingerprint density at radius 2 is 1.71 bits per heavy atom. The molecular formula is C28H25ClN6. The lowest BCUT2D eigenvalue weighted by Gasteiger charge is -2.14. The average Bonchev–Trinajstić information content (AvgIpc) is 3.24. The zero-order valence-electron chi connectivity index (χ0n) is 20.1. The normalized spacial score (nSPS) is 11.1. The summed E-state index contributed by atoms with van der Waals surface area (Å²) in [7, 11) is 0.